The third kappa shape index (κ3) is 2.68. The molecule has 4 aliphatic carbocycles. The predicted molar refractivity (Wildman–Crippen MR) is 119 cm³/mol. The first-order valence-corrected chi connectivity index (χ1v) is 13.1. The van der Waals surface area contributed by atoms with Crippen molar-refractivity contribution in [2.75, 3.05) is 6.61 Å². The van der Waals surface area contributed by atoms with Crippen LogP contribution in [0.4, 0.5) is 0 Å². The summed E-state index contributed by atoms with van der Waals surface area (Å²) in [7, 11) is 0. The first-order chi connectivity index (χ1) is 14.7. The van der Waals surface area contributed by atoms with Crippen molar-refractivity contribution in [3.63, 3.8) is 0 Å². The minimum atomic E-state index is -0.420. The van der Waals surface area contributed by atoms with E-state index in [1.54, 1.807) is 0 Å². The SMILES string of the molecule is C[C@@H]1CC[C@@]2(OC1)O[C@H]1C[C@H]3[C@H]4CC=C5C[C@@H](O)C[C@@H](O)[C@]5(C)[C@H]4CC[C@]3(C)[C@H]1[C@@H]2C. The van der Waals surface area contributed by atoms with Gasteiger partial charge in [-0.15, -0.1) is 0 Å². The third-order valence-corrected chi connectivity index (χ3v) is 11.4. The van der Waals surface area contributed by atoms with E-state index >= 15 is 0 Å². The van der Waals surface area contributed by atoms with Gasteiger partial charge in [-0.05, 0) is 73.5 Å². The van der Waals surface area contributed by atoms with Gasteiger partial charge < -0.3 is 19.7 Å². The Morgan fingerprint density at radius 1 is 1.03 bits per heavy atom. The van der Waals surface area contributed by atoms with Crippen LogP contribution in [0.15, 0.2) is 11.6 Å². The fourth-order valence-corrected chi connectivity index (χ4v) is 9.72. The highest BCUT2D eigenvalue weighted by Crippen LogP contribution is 2.70. The first kappa shape index (κ1) is 21.1. The summed E-state index contributed by atoms with van der Waals surface area (Å²) in [5.74, 6) is 3.17. The molecule has 4 heteroatoms. The number of ether oxygens (including phenoxy) is 2. The zero-order valence-corrected chi connectivity index (χ0v) is 19.8. The summed E-state index contributed by atoms with van der Waals surface area (Å²) in [5.41, 5.74) is 1.48. The maximum Gasteiger partial charge on any atom is 0.171 e. The van der Waals surface area contributed by atoms with E-state index in [-0.39, 0.29) is 17.3 Å². The van der Waals surface area contributed by atoms with Gasteiger partial charge in [-0.25, -0.2) is 0 Å². The second-order valence-corrected chi connectivity index (χ2v) is 12.8. The van der Waals surface area contributed by atoms with Crippen LogP contribution >= 0.6 is 0 Å². The average Bonchev–Trinajstić information content (AvgIpc) is 3.16. The van der Waals surface area contributed by atoms with Crippen LogP contribution in [0.25, 0.3) is 0 Å². The zero-order valence-electron chi connectivity index (χ0n) is 19.8. The maximum absolute atomic E-state index is 11.1. The molecule has 6 rings (SSSR count). The lowest BCUT2D eigenvalue weighted by Gasteiger charge is -2.59. The Kier molecular flexibility index (Phi) is 4.64. The Labute approximate surface area is 187 Å². The van der Waals surface area contributed by atoms with Crippen LogP contribution in [0.1, 0.15) is 79.1 Å². The molecule has 0 aromatic heterocycles. The molecule has 12 atom stereocenters. The number of fused-ring (bicyclic) bond motifs is 7. The van der Waals surface area contributed by atoms with Crippen LogP contribution in [-0.4, -0.2) is 40.9 Å². The van der Waals surface area contributed by atoms with Crippen molar-refractivity contribution < 1.29 is 19.7 Å². The summed E-state index contributed by atoms with van der Waals surface area (Å²) in [6.07, 6.45) is 10.2. The molecule has 1 spiro atoms. The van der Waals surface area contributed by atoms with Crippen molar-refractivity contribution in [3.05, 3.63) is 11.6 Å². The van der Waals surface area contributed by atoms with E-state index < -0.39 is 6.10 Å². The minimum absolute atomic E-state index is 0.155. The second-order valence-electron chi connectivity index (χ2n) is 12.8. The molecule has 2 aliphatic heterocycles. The van der Waals surface area contributed by atoms with Crippen LogP contribution in [0, 0.1) is 46.3 Å². The lowest BCUT2D eigenvalue weighted by molar-refractivity contribution is -0.272. The molecule has 6 aliphatic rings. The number of hydrogen-bond acceptors (Lipinski definition) is 4. The van der Waals surface area contributed by atoms with Gasteiger partial charge >= 0.3 is 0 Å². The fourth-order valence-electron chi connectivity index (χ4n) is 9.72. The molecular formula is C27H42O4. The van der Waals surface area contributed by atoms with Crippen molar-refractivity contribution >= 4 is 0 Å². The van der Waals surface area contributed by atoms with Crippen LogP contribution < -0.4 is 0 Å². The van der Waals surface area contributed by atoms with Crippen LogP contribution in [0.5, 0.6) is 0 Å². The molecule has 31 heavy (non-hydrogen) atoms. The summed E-state index contributed by atoms with van der Waals surface area (Å²) in [4.78, 5) is 0. The monoisotopic (exact) mass is 430 g/mol. The van der Waals surface area contributed by atoms with Gasteiger partial charge in [0.15, 0.2) is 5.79 Å². The van der Waals surface area contributed by atoms with Crippen molar-refractivity contribution in [2.24, 2.45) is 46.3 Å². The Balaban J connectivity index is 1.29. The summed E-state index contributed by atoms with van der Waals surface area (Å²) in [6, 6.07) is 0. The third-order valence-electron chi connectivity index (χ3n) is 11.4. The second kappa shape index (κ2) is 6.81. The Bertz CT molecular complexity index is 769. The highest BCUT2D eigenvalue weighted by molar-refractivity contribution is 5.28. The molecule has 0 aromatic rings. The van der Waals surface area contributed by atoms with E-state index in [1.165, 1.54) is 24.8 Å². The average molecular weight is 431 g/mol. The predicted octanol–water partition coefficient (Wildman–Crippen LogP) is 4.68. The van der Waals surface area contributed by atoms with Crippen molar-refractivity contribution in [2.45, 2.75) is 103 Å². The number of aliphatic hydroxyl groups excluding tert-OH is 2. The molecule has 2 saturated heterocycles. The molecule has 0 aromatic carbocycles. The molecule has 2 N–H and O–H groups in total. The van der Waals surface area contributed by atoms with E-state index in [0.717, 1.165) is 32.3 Å². The highest BCUT2D eigenvalue weighted by Gasteiger charge is 2.69. The molecule has 2 heterocycles. The van der Waals surface area contributed by atoms with Gasteiger partial charge in [0.2, 0.25) is 0 Å². The molecule has 0 amide bonds. The smallest absolute Gasteiger partial charge is 0.171 e. The Morgan fingerprint density at radius 3 is 2.58 bits per heavy atom. The van der Waals surface area contributed by atoms with Gasteiger partial charge in [0, 0.05) is 24.2 Å². The topological polar surface area (TPSA) is 58.9 Å². The first-order valence-electron chi connectivity index (χ1n) is 13.1. The summed E-state index contributed by atoms with van der Waals surface area (Å²) in [6.45, 7) is 10.4. The highest BCUT2D eigenvalue weighted by atomic mass is 16.7. The van der Waals surface area contributed by atoms with Gasteiger partial charge in [0.1, 0.15) is 0 Å². The quantitative estimate of drug-likeness (QED) is 0.548. The summed E-state index contributed by atoms with van der Waals surface area (Å²) in [5, 5.41) is 21.4. The number of hydrogen-bond donors (Lipinski definition) is 2. The van der Waals surface area contributed by atoms with Crippen molar-refractivity contribution in [1.29, 1.82) is 0 Å². The minimum Gasteiger partial charge on any atom is -0.393 e. The van der Waals surface area contributed by atoms with E-state index in [9.17, 15) is 10.2 Å². The number of allylic oxidation sites excluding steroid dienone is 1. The van der Waals surface area contributed by atoms with E-state index in [0.29, 0.717) is 53.4 Å². The van der Waals surface area contributed by atoms with Crippen LogP contribution in [0.3, 0.4) is 0 Å². The van der Waals surface area contributed by atoms with E-state index in [2.05, 4.69) is 33.8 Å². The molecule has 4 nitrogen and oxygen atoms in total. The lowest BCUT2D eigenvalue weighted by Crippen LogP contribution is -2.56. The van der Waals surface area contributed by atoms with Gasteiger partial charge in [-0.3, -0.25) is 0 Å². The van der Waals surface area contributed by atoms with Gasteiger partial charge in [0.25, 0.3) is 0 Å². The van der Waals surface area contributed by atoms with E-state index in [1.807, 2.05) is 0 Å². The summed E-state index contributed by atoms with van der Waals surface area (Å²) >= 11 is 0. The Hall–Kier alpha value is -0.420. The van der Waals surface area contributed by atoms with Gasteiger partial charge in [-0.2, -0.15) is 0 Å². The number of rotatable bonds is 0. The molecular weight excluding hydrogens is 388 g/mol. The molecule has 3 saturated carbocycles. The standard InChI is InChI=1S/C27H42O4/c1-15-7-10-27(30-14-15)16(2)24-22(31-27)13-21-19-6-5-17-11-18(28)12-23(29)26(17,4)20(19)8-9-25(21,24)3/h5,15-16,18-24,28-29H,6-14H2,1-4H3/t15-,16+,18-,19+,20+,21+,22+,23-,24+,25+,26+,27-/m1/s1. The van der Waals surface area contributed by atoms with Crippen LogP contribution in [0.2, 0.25) is 0 Å². The fraction of sp³-hybridized carbons (Fsp3) is 0.926. The molecule has 0 radical (unpaired) electrons. The van der Waals surface area contributed by atoms with E-state index in [4.69, 9.17) is 9.47 Å². The van der Waals surface area contributed by atoms with Crippen molar-refractivity contribution in [3.8, 4) is 0 Å². The van der Waals surface area contributed by atoms with Gasteiger partial charge in [-0.1, -0.05) is 39.3 Å². The summed E-state index contributed by atoms with van der Waals surface area (Å²) < 4.78 is 13.3. The molecule has 0 unspecified atom stereocenters. The normalized spacial score (nSPS) is 60.7. The Morgan fingerprint density at radius 2 is 1.84 bits per heavy atom. The largest absolute Gasteiger partial charge is 0.393 e. The van der Waals surface area contributed by atoms with Crippen molar-refractivity contribution in [1.82, 2.24) is 0 Å². The van der Waals surface area contributed by atoms with Crippen LogP contribution in [-0.2, 0) is 9.47 Å². The van der Waals surface area contributed by atoms with Gasteiger partial charge in [0.05, 0.1) is 24.9 Å². The molecule has 5 fully saturated rings. The number of aliphatic hydroxyl groups is 2. The molecule has 174 valence electrons. The maximum atomic E-state index is 11.1. The molecule has 0 bridgehead atoms. The zero-order chi connectivity index (χ0) is 21.8. The lowest BCUT2D eigenvalue weighted by atomic mass is 9.46.